The number of benzene rings is 2. The summed E-state index contributed by atoms with van der Waals surface area (Å²) in [4.78, 5) is 12.5. The molecule has 1 heterocycles. The van der Waals surface area contributed by atoms with E-state index in [9.17, 15) is 4.79 Å². The lowest BCUT2D eigenvalue weighted by Gasteiger charge is -2.08. The summed E-state index contributed by atoms with van der Waals surface area (Å²) in [6.07, 6.45) is 0. The fraction of sp³-hybridized carbons (Fsp3) is 0.158. The molecule has 26 heavy (non-hydrogen) atoms. The highest BCUT2D eigenvalue weighted by Crippen LogP contribution is 2.24. The van der Waals surface area contributed by atoms with Crippen molar-refractivity contribution >= 4 is 34.9 Å². The van der Waals surface area contributed by atoms with E-state index in [1.807, 2.05) is 41.9 Å². The minimum atomic E-state index is -0.333. The summed E-state index contributed by atoms with van der Waals surface area (Å²) < 4.78 is 7.03. The highest BCUT2D eigenvalue weighted by atomic mass is 35.5. The summed E-state index contributed by atoms with van der Waals surface area (Å²) in [6, 6.07) is 14.3. The number of methoxy groups -OCH3 is 1. The van der Waals surface area contributed by atoms with Crippen LogP contribution < -0.4 is 10.1 Å². The Morgan fingerprint density at radius 1 is 1.12 bits per heavy atom. The number of carbonyl (C=O) groups excluding carboxylic acids is 1. The number of hydrogen-bond donors (Lipinski definition) is 1. The average Bonchev–Trinajstić information content (AvgIpc) is 2.96. The van der Waals surface area contributed by atoms with E-state index < -0.39 is 0 Å². The molecule has 0 saturated carbocycles. The number of aromatic nitrogens is 2. The third-order valence-corrected chi connectivity index (χ3v) is 4.36. The number of anilines is 1. The van der Waals surface area contributed by atoms with Gasteiger partial charge in [0.25, 0.3) is 5.91 Å². The van der Waals surface area contributed by atoms with Crippen LogP contribution in [-0.4, -0.2) is 22.8 Å². The van der Waals surface area contributed by atoms with Gasteiger partial charge < -0.3 is 10.1 Å². The Labute approximate surface area is 161 Å². The molecule has 0 spiro atoms. The van der Waals surface area contributed by atoms with Crippen molar-refractivity contribution in [1.82, 2.24) is 9.78 Å². The normalized spacial score (nSPS) is 10.6. The quantitative estimate of drug-likeness (QED) is 0.681. The minimum absolute atomic E-state index is 0.333. The fourth-order valence-corrected chi connectivity index (χ4v) is 2.83. The number of hydrogen-bond acceptors (Lipinski definition) is 3. The van der Waals surface area contributed by atoms with Gasteiger partial charge in [-0.25, -0.2) is 0 Å². The van der Waals surface area contributed by atoms with Gasteiger partial charge in [0.1, 0.15) is 5.75 Å². The topological polar surface area (TPSA) is 56.1 Å². The van der Waals surface area contributed by atoms with Crippen molar-refractivity contribution in [3.63, 3.8) is 0 Å². The molecule has 3 rings (SSSR count). The Morgan fingerprint density at radius 3 is 2.50 bits per heavy atom. The Kier molecular flexibility index (Phi) is 5.49. The number of amides is 1. The first-order valence-corrected chi connectivity index (χ1v) is 8.65. The van der Waals surface area contributed by atoms with Crippen LogP contribution in [0.1, 0.15) is 21.6 Å². The summed E-state index contributed by atoms with van der Waals surface area (Å²) in [7, 11) is 1.50. The molecule has 0 fully saturated rings. The van der Waals surface area contributed by atoms with E-state index in [0.29, 0.717) is 33.7 Å². The van der Waals surface area contributed by atoms with E-state index in [1.54, 1.807) is 18.2 Å². The zero-order chi connectivity index (χ0) is 18.7. The highest BCUT2D eigenvalue weighted by molar-refractivity contribution is 6.31. The van der Waals surface area contributed by atoms with Gasteiger partial charge in [-0.15, -0.1) is 0 Å². The molecular formula is C19H17Cl2N3O2. The predicted octanol–water partition coefficient (Wildman–Crippen LogP) is 4.81. The molecule has 1 N–H and O–H groups in total. The SMILES string of the molecule is COc1ccc(Cl)cc1C(=O)Nc1cc(C)n(Cc2ccc(Cl)cc2)n1. The third kappa shape index (κ3) is 4.18. The molecule has 0 aliphatic rings. The fourth-order valence-electron chi connectivity index (χ4n) is 2.54. The molecule has 0 aliphatic carbocycles. The van der Waals surface area contributed by atoms with Crippen LogP contribution >= 0.6 is 23.2 Å². The van der Waals surface area contributed by atoms with Crippen molar-refractivity contribution in [2.75, 3.05) is 12.4 Å². The van der Waals surface area contributed by atoms with E-state index in [1.165, 1.54) is 7.11 Å². The predicted molar refractivity (Wildman–Crippen MR) is 103 cm³/mol. The molecule has 3 aromatic rings. The maximum atomic E-state index is 12.5. The maximum absolute atomic E-state index is 12.5. The van der Waals surface area contributed by atoms with Crippen molar-refractivity contribution in [2.24, 2.45) is 0 Å². The van der Waals surface area contributed by atoms with Crippen LogP contribution in [0.15, 0.2) is 48.5 Å². The lowest BCUT2D eigenvalue weighted by molar-refractivity contribution is 0.102. The van der Waals surface area contributed by atoms with Gasteiger partial charge in [0.2, 0.25) is 0 Å². The minimum Gasteiger partial charge on any atom is -0.496 e. The van der Waals surface area contributed by atoms with Gasteiger partial charge in [-0.2, -0.15) is 5.10 Å². The first kappa shape index (κ1) is 18.3. The summed E-state index contributed by atoms with van der Waals surface area (Å²) >= 11 is 11.9. The highest BCUT2D eigenvalue weighted by Gasteiger charge is 2.15. The van der Waals surface area contributed by atoms with Crippen LogP contribution in [0.4, 0.5) is 5.82 Å². The molecule has 0 unspecified atom stereocenters. The molecular weight excluding hydrogens is 373 g/mol. The molecule has 0 radical (unpaired) electrons. The van der Waals surface area contributed by atoms with Gasteiger partial charge in [-0.05, 0) is 42.8 Å². The third-order valence-electron chi connectivity index (χ3n) is 3.87. The first-order chi connectivity index (χ1) is 12.5. The van der Waals surface area contributed by atoms with Crippen LogP contribution in [0.5, 0.6) is 5.75 Å². The second kappa shape index (κ2) is 7.81. The van der Waals surface area contributed by atoms with E-state index in [-0.39, 0.29) is 5.91 Å². The van der Waals surface area contributed by atoms with Crippen molar-refractivity contribution in [1.29, 1.82) is 0 Å². The molecule has 7 heteroatoms. The number of carbonyl (C=O) groups is 1. The standard InChI is InChI=1S/C19H17Cl2N3O2/c1-12-9-18(23-24(12)11-13-3-5-14(20)6-4-13)22-19(25)16-10-15(21)7-8-17(16)26-2/h3-10H,11H2,1-2H3,(H,22,23,25). The summed E-state index contributed by atoms with van der Waals surface area (Å²) in [5.41, 5.74) is 2.34. The smallest absolute Gasteiger partial charge is 0.260 e. The molecule has 0 aliphatic heterocycles. The van der Waals surface area contributed by atoms with Crippen molar-refractivity contribution < 1.29 is 9.53 Å². The first-order valence-electron chi connectivity index (χ1n) is 7.90. The largest absolute Gasteiger partial charge is 0.496 e. The van der Waals surface area contributed by atoms with Gasteiger partial charge in [0.05, 0.1) is 19.2 Å². The summed E-state index contributed by atoms with van der Waals surface area (Å²) in [5.74, 6) is 0.577. The van der Waals surface area contributed by atoms with Crippen LogP contribution in [0.25, 0.3) is 0 Å². The summed E-state index contributed by atoms with van der Waals surface area (Å²) in [5, 5.41) is 8.38. The second-order valence-corrected chi connectivity index (χ2v) is 6.63. The van der Waals surface area contributed by atoms with E-state index in [0.717, 1.165) is 11.3 Å². The second-order valence-electron chi connectivity index (χ2n) is 5.75. The molecule has 134 valence electrons. The van der Waals surface area contributed by atoms with Gasteiger partial charge >= 0.3 is 0 Å². The van der Waals surface area contributed by atoms with Crippen LogP contribution in [0.3, 0.4) is 0 Å². The lowest BCUT2D eigenvalue weighted by atomic mass is 10.2. The van der Waals surface area contributed by atoms with E-state index in [2.05, 4.69) is 10.4 Å². The van der Waals surface area contributed by atoms with Crippen LogP contribution in [0, 0.1) is 6.92 Å². The Morgan fingerprint density at radius 2 is 1.81 bits per heavy atom. The Bertz CT molecular complexity index is 936. The van der Waals surface area contributed by atoms with Crippen molar-refractivity contribution in [3.05, 3.63) is 75.4 Å². The van der Waals surface area contributed by atoms with E-state index in [4.69, 9.17) is 27.9 Å². The number of aryl methyl sites for hydroxylation is 1. The number of rotatable bonds is 5. The molecule has 0 bridgehead atoms. The van der Waals surface area contributed by atoms with Gasteiger partial charge in [0, 0.05) is 21.8 Å². The number of nitrogens with zero attached hydrogens (tertiary/aromatic N) is 2. The van der Waals surface area contributed by atoms with Gasteiger partial charge in [-0.1, -0.05) is 35.3 Å². The molecule has 1 amide bonds. The molecule has 1 aromatic heterocycles. The van der Waals surface area contributed by atoms with Crippen LogP contribution in [-0.2, 0) is 6.54 Å². The summed E-state index contributed by atoms with van der Waals surface area (Å²) in [6.45, 7) is 2.51. The van der Waals surface area contributed by atoms with Crippen molar-refractivity contribution in [2.45, 2.75) is 13.5 Å². The number of ether oxygens (including phenoxy) is 1. The van der Waals surface area contributed by atoms with Crippen molar-refractivity contribution in [3.8, 4) is 5.75 Å². The van der Waals surface area contributed by atoms with Crippen LogP contribution in [0.2, 0.25) is 10.0 Å². The Balaban J connectivity index is 1.78. The zero-order valence-electron chi connectivity index (χ0n) is 14.3. The van der Waals surface area contributed by atoms with E-state index >= 15 is 0 Å². The monoisotopic (exact) mass is 389 g/mol. The van der Waals surface area contributed by atoms with Gasteiger partial charge in [0.15, 0.2) is 5.82 Å². The zero-order valence-corrected chi connectivity index (χ0v) is 15.8. The molecule has 5 nitrogen and oxygen atoms in total. The lowest BCUT2D eigenvalue weighted by Crippen LogP contribution is -2.14. The average molecular weight is 390 g/mol. The number of nitrogens with one attached hydrogen (secondary N) is 1. The maximum Gasteiger partial charge on any atom is 0.260 e. The van der Waals surface area contributed by atoms with Gasteiger partial charge in [-0.3, -0.25) is 9.48 Å². The Hall–Kier alpha value is -2.50. The molecule has 0 atom stereocenters. The molecule has 2 aromatic carbocycles. The molecule has 0 saturated heterocycles. The number of halogens is 2.